The van der Waals surface area contributed by atoms with Crippen molar-refractivity contribution in [2.45, 2.75) is 36.0 Å². The number of fused-ring (bicyclic) bond motifs is 2. The number of hydrogen-bond donors (Lipinski definition) is 1. The van der Waals surface area contributed by atoms with Crippen LogP contribution in [0.4, 0.5) is 11.4 Å². The van der Waals surface area contributed by atoms with E-state index in [1.165, 1.54) is 21.2 Å². The van der Waals surface area contributed by atoms with Crippen molar-refractivity contribution in [2.75, 3.05) is 57.3 Å². The van der Waals surface area contributed by atoms with Crippen LogP contribution in [-0.2, 0) is 0 Å². The van der Waals surface area contributed by atoms with Crippen molar-refractivity contribution in [3.05, 3.63) is 48.0 Å². The zero-order chi connectivity index (χ0) is 21.6. The Morgan fingerprint density at radius 1 is 0.935 bits per heavy atom. The lowest BCUT2D eigenvalue weighted by atomic mass is 10.1. The number of hydrogen-bond acceptors (Lipinski definition) is 6. The second kappa shape index (κ2) is 10.6. The van der Waals surface area contributed by atoms with Crippen LogP contribution < -0.4 is 4.90 Å². The highest BCUT2D eigenvalue weighted by molar-refractivity contribution is 7.99. The average molecular weight is 440 g/mol. The molecule has 0 spiro atoms. The maximum absolute atomic E-state index is 12.5. The Hall–Kier alpha value is -1.86. The lowest BCUT2D eigenvalue weighted by Gasteiger charge is -2.36. The molecular formula is C25H33N3O2S. The monoisotopic (exact) mass is 439 g/mol. The van der Waals surface area contributed by atoms with Crippen LogP contribution >= 0.6 is 11.8 Å². The van der Waals surface area contributed by atoms with Crippen molar-refractivity contribution >= 4 is 28.9 Å². The highest BCUT2D eigenvalue weighted by Gasteiger charge is 2.24. The summed E-state index contributed by atoms with van der Waals surface area (Å²) in [4.78, 5) is 22.3. The first-order valence-electron chi connectivity index (χ1n) is 11.5. The maximum Gasteiger partial charge on any atom is 0.162 e. The number of anilines is 2. The molecule has 0 aliphatic carbocycles. The lowest BCUT2D eigenvalue weighted by molar-refractivity contribution is 0.0981. The third-order valence-electron chi connectivity index (χ3n) is 6.16. The number of benzene rings is 2. The third-order valence-corrected chi connectivity index (χ3v) is 7.29. The minimum atomic E-state index is 0.231. The van der Waals surface area contributed by atoms with Crippen molar-refractivity contribution < 1.29 is 9.90 Å². The molecule has 31 heavy (non-hydrogen) atoms. The molecular weight excluding hydrogens is 406 g/mol. The van der Waals surface area contributed by atoms with E-state index in [2.05, 4.69) is 58.0 Å². The fourth-order valence-corrected chi connectivity index (χ4v) is 5.52. The zero-order valence-electron chi connectivity index (χ0n) is 18.4. The maximum atomic E-state index is 12.5. The molecule has 0 bridgehead atoms. The molecule has 2 heterocycles. The Morgan fingerprint density at radius 2 is 1.65 bits per heavy atom. The molecule has 1 saturated heterocycles. The molecule has 2 aromatic carbocycles. The van der Waals surface area contributed by atoms with Crippen molar-refractivity contribution in [3.8, 4) is 0 Å². The number of aliphatic hydroxyl groups excluding tert-OH is 1. The number of Topliss-reactive ketones (excluding diaryl/α,β-unsaturated/α-hetero) is 1. The number of ketones is 1. The predicted molar refractivity (Wildman–Crippen MR) is 128 cm³/mol. The molecule has 6 heteroatoms. The molecule has 4 rings (SSSR count). The zero-order valence-corrected chi connectivity index (χ0v) is 19.2. The molecule has 5 nitrogen and oxygen atoms in total. The largest absolute Gasteiger partial charge is 0.395 e. The van der Waals surface area contributed by atoms with E-state index in [4.69, 9.17) is 5.11 Å². The smallest absolute Gasteiger partial charge is 0.162 e. The number of carbonyl (C=O) groups excluding carboxylic acids is 1. The van der Waals surface area contributed by atoms with Gasteiger partial charge in [-0.3, -0.25) is 9.69 Å². The van der Waals surface area contributed by atoms with Gasteiger partial charge in [0.1, 0.15) is 0 Å². The van der Waals surface area contributed by atoms with Crippen LogP contribution in [0.5, 0.6) is 0 Å². The summed E-state index contributed by atoms with van der Waals surface area (Å²) in [5.74, 6) is 0.231. The number of β-amino-alcohol motifs (C(OH)–C–C–N with tert-alkyl or cyclic N) is 1. The van der Waals surface area contributed by atoms with E-state index in [1.54, 1.807) is 11.8 Å². The van der Waals surface area contributed by atoms with Gasteiger partial charge in [0, 0.05) is 61.0 Å². The normalized spacial score (nSPS) is 16.8. The van der Waals surface area contributed by atoms with Gasteiger partial charge in [0.25, 0.3) is 0 Å². The summed E-state index contributed by atoms with van der Waals surface area (Å²) in [5, 5.41) is 9.13. The molecule has 0 unspecified atom stereocenters. The van der Waals surface area contributed by atoms with Crippen molar-refractivity contribution in [3.63, 3.8) is 0 Å². The SMILES string of the molecule is CCCC(=O)c1ccc2c(c1)N(CCCN1CCN(CCO)CC1)c1ccccc1S2. The molecule has 0 radical (unpaired) electrons. The van der Waals surface area contributed by atoms with Gasteiger partial charge in [0.2, 0.25) is 0 Å². The van der Waals surface area contributed by atoms with Gasteiger partial charge in [-0.2, -0.15) is 0 Å². The van der Waals surface area contributed by atoms with Gasteiger partial charge in [-0.25, -0.2) is 0 Å². The number of aliphatic hydroxyl groups is 1. The van der Waals surface area contributed by atoms with Gasteiger partial charge in [-0.1, -0.05) is 36.9 Å². The van der Waals surface area contributed by atoms with Gasteiger partial charge in [-0.15, -0.1) is 0 Å². The molecule has 1 fully saturated rings. The molecule has 1 N–H and O–H groups in total. The highest BCUT2D eigenvalue weighted by atomic mass is 32.2. The van der Waals surface area contributed by atoms with Crippen LogP contribution in [0, 0.1) is 0 Å². The van der Waals surface area contributed by atoms with E-state index < -0.39 is 0 Å². The first kappa shape index (κ1) is 22.3. The van der Waals surface area contributed by atoms with Crippen LogP contribution in [0.2, 0.25) is 0 Å². The minimum absolute atomic E-state index is 0.231. The Morgan fingerprint density at radius 3 is 2.39 bits per heavy atom. The van der Waals surface area contributed by atoms with Gasteiger partial charge in [0.15, 0.2) is 5.78 Å². The Balaban J connectivity index is 1.46. The van der Waals surface area contributed by atoms with E-state index in [0.717, 1.165) is 64.2 Å². The first-order chi connectivity index (χ1) is 15.2. The molecule has 166 valence electrons. The summed E-state index contributed by atoms with van der Waals surface area (Å²) in [6, 6.07) is 14.8. The Kier molecular flexibility index (Phi) is 7.67. The predicted octanol–water partition coefficient (Wildman–Crippen LogP) is 4.27. The fourth-order valence-electron chi connectivity index (χ4n) is 4.45. The quantitative estimate of drug-likeness (QED) is 0.589. The first-order valence-corrected chi connectivity index (χ1v) is 12.3. The van der Waals surface area contributed by atoms with Crippen molar-refractivity contribution in [2.24, 2.45) is 0 Å². The fraction of sp³-hybridized carbons (Fsp3) is 0.480. The summed E-state index contributed by atoms with van der Waals surface area (Å²) in [6.07, 6.45) is 2.55. The minimum Gasteiger partial charge on any atom is -0.395 e. The molecule has 2 aliphatic heterocycles. The van der Waals surface area contributed by atoms with Gasteiger partial charge in [0.05, 0.1) is 18.0 Å². The van der Waals surface area contributed by atoms with E-state index in [-0.39, 0.29) is 12.4 Å². The standard InChI is InChI=1S/C25H33N3O2S/c1-2-6-23(30)20-9-10-25-22(19-20)28(21-7-3-4-8-24(21)31-25)12-5-11-26-13-15-27(16-14-26)17-18-29/h3-4,7-10,19,29H,2,5-6,11-18H2,1H3. The van der Waals surface area contributed by atoms with Crippen molar-refractivity contribution in [1.29, 1.82) is 0 Å². The highest BCUT2D eigenvalue weighted by Crippen LogP contribution is 2.48. The van der Waals surface area contributed by atoms with Gasteiger partial charge in [-0.05, 0) is 43.7 Å². The van der Waals surface area contributed by atoms with Crippen molar-refractivity contribution in [1.82, 2.24) is 9.80 Å². The summed E-state index contributed by atoms with van der Waals surface area (Å²) >= 11 is 1.80. The molecule has 0 atom stereocenters. The molecule has 0 amide bonds. The Labute approximate surface area is 190 Å². The van der Waals surface area contributed by atoms with E-state index in [9.17, 15) is 4.79 Å². The molecule has 2 aromatic rings. The summed E-state index contributed by atoms with van der Waals surface area (Å²) < 4.78 is 0. The second-order valence-electron chi connectivity index (χ2n) is 8.34. The molecule has 0 aromatic heterocycles. The van der Waals surface area contributed by atoms with E-state index in [0.29, 0.717) is 6.42 Å². The van der Waals surface area contributed by atoms with E-state index in [1.807, 2.05) is 6.07 Å². The second-order valence-corrected chi connectivity index (χ2v) is 9.42. The topological polar surface area (TPSA) is 47.0 Å². The number of para-hydroxylation sites is 1. The van der Waals surface area contributed by atoms with Crippen LogP contribution in [0.15, 0.2) is 52.3 Å². The molecule has 2 aliphatic rings. The van der Waals surface area contributed by atoms with E-state index >= 15 is 0 Å². The number of carbonyl (C=O) groups is 1. The summed E-state index contributed by atoms with van der Waals surface area (Å²) in [6.45, 7) is 9.30. The number of piperazine rings is 1. The number of rotatable bonds is 9. The lowest BCUT2D eigenvalue weighted by Crippen LogP contribution is -2.47. The Bertz CT molecular complexity index is 896. The average Bonchev–Trinajstić information content (AvgIpc) is 2.80. The summed E-state index contributed by atoms with van der Waals surface area (Å²) in [7, 11) is 0. The third kappa shape index (κ3) is 5.32. The van der Waals surface area contributed by atoms with Crippen LogP contribution in [0.3, 0.4) is 0 Å². The van der Waals surface area contributed by atoms with Crippen LogP contribution in [0.1, 0.15) is 36.5 Å². The van der Waals surface area contributed by atoms with Crippen LogP contribution in [-0.4, -0.2) is 73.1 Å². The number of nitrogens with zero attached hydrogens (tertiary/aromatic N) is 3. The molecule has 0 saturated carbocycles. The van der Waals surface area contributed by atoms with Crippen LogP contribution in [0.25, 0.3) is 0 Å². The van der Waals surface area contributed by atoms with Gasteiger partial charge >= 0.3 is 0 Å². The van der Waals surface area contributed by atoms with Gasteiger partial charge < -0.3 is 14.9 Å². The summed E-state index contributed by atoms with van der Waals surface area (Å²) in [5.41, 5.74) is 3.23.